The van der Waals surface area contributed by atoms with Gasteiger partial charge in [-0.05, 0) is 28.1 Å². The van der Waals surface area contributed by atoms with Crippen molar-refractivity contribution in [2.75, 3.05) is 13.1 Å². The van der Waals surface area contributed by atoms with Crippen LogP contribution in [0.4, 0.5) is 0 Å². The molecule has 1 aromatic heterocycles. The topological polar surface area (TPSA) is 45.4 Å². The van der Waals surface area contributed by atoms with Crippen LogP contribution >= 0.6 is 15.9 Å². The molecular weight excluding hydrogens is 234 g/mol. The van der Waals surface area contributed by atoms with E-state index in [0.717, 1.165) is 22.4 Å². The van der Waals surface area contributed by atoms with Crippen molar-refractivity contribution in [3.05, 3.63) is 28.6 Å². The molecule has 1 unspecified atom stereocenters. The number of furan rings is 1. The van der Waals surface area contributed by atoms with Crippen LogP contribution in [0.25, 0.3) is 5.57 Å². The zero-order valence-electron chi connectivity index (χ0n) is 6.96. The Morgan fingerprint density at radius 1 is 1.62 bits per heavy atom. The van der Waals surface area contributed by atoms with Gasteiger partial charge in [-0.1, -0.05) is 0 Å². The van der Waals surface area contributed by atoms with Gasteiger partial charge in [0.1, 0.15) is 5.76 Å². The van der Waals surface area contributed by atoms with E-state index in [1.54, 1.807) is 6.26 Å². The van der Waals surface area contributed by atoms with Crippen LogP contribution in [0, 0.1) is 0 Å². The fourth-order valence-corrected chi connectivity index (χ4v) is 1.84. The van der Waals surface area contributed by atoms with Crippen molar-refractivity contribution < 1.29 is 9.52 Å². The SMILES string of the molecule is OC1C=C(c2occc2Br)CNC1. The van der Waals surface area contributed by atoms with E-state index in [-0.39, 0.29) is 0 Å². The Morgan fingerprint density at radius 2 is 2.46 bits per heavy atom. The van der Waals surface area contributed by atoms with Gasteiger partial charge in [0.25, 0.3) is 0 Å². The van der Waals surface area contributed by atoms with Crippen molar-refractivity contribution in [3.63, 3.8) is 0 Å². The molecule has 0 fully saturated rings. The largest absolute Gasteiger partial charge is 0.463 e. The van der Waals surface area contributed by atoms with E-state index in [4.69, 9.17) is 4.42 Å². The molecule has 1 aromatic rings. The molecule has 0 aromatic carbocycles. The van der Waals surface area contributed by atoms with Gasteiger partial charge in [0.15, 0.2) is 0 Å². The van der Waals surface area contributed by atoms with E-state index in [1.807, 2.05) is 12.1 Å². The smallest absolute Gasteiger partial charge is 0.145 e. The Kier molecular flexibility index (Phi) is 2.53. The van der Waals surface area contributed by atoms with Gasteiger partial charge in [-0.2, -0.15) is 0 Å². The predicted octanol–water partition coefficient (Wildman–Crippen LogP) is 1.39. The summed E-state index contributed by atoms with van der Waals surface area (Å²) in [4.78, 5) is 0. The summed E-state index contributed by atoms with van der Waals surface area (Å²) >= 11 is 3.38. The molecule has 0 radical (unpaired) electrons. The van der Waals surface area contributed by atoms with Crippen LogP contribution in [0.2, 0.25) is 0 Å². The number of halogens is 1. The second kappa shape index (κ2) is 3.65. The van der Waals surface area contributed by atoms with Gasteiger partial charge in [0.2, 0.25) is 0 Å². The van der Waals surface area contributed by atoms with Crippen molar-refractivity contribution in [3.8, 4) is 0 Å². The predicted molar refractivity (Wildman–Crippen MR) is 53.3 cm³/mol. The molecule has 1 atom stereocenters. The third-order valence-electron chi connectivity index (χ3n) is 1.97. The van der Waals surface area contributed by atoms with E-state index >= 15 is 0 Å². The molecule has 2 heterocycles. The van der Waals surface area contributed by atoms with Crippen LogP contribution in [0.3, 0.4) is 0 Å². The van der Waals surface area contributed by atoms with Gasteiger partial charge in [-0.3, -0.25) is 0 Å². The van der Waals surface area contributed by atoms with Gasteiger partial charge in [0, 0.05) is 18.7 Å². The van der Waals surface area contributed by atoms with Crippen LogP contribution in [-0.4, -0.2) is 24.3 Å². The van der Waals surface area contributed by atoms with Crippen LogP contribution in [0.15, 0.2) is 27.3 Å². The second-order valence-electron chi connectivity index (χ2n) is 2.99. The van der Waals surface area contributed by atoms with Gasteiger partial charge in [-0.25, -0.2) is 0 Å². The Bertz CT molecular complexity index is 332. The minimum absolute atomic E-state index is 0.416. The number of hydrogen-bond acceptors (Lipinski definition) is 3. The number of nitrogens with one attached hydrogen (secondary N) is 1. The average molecular weight is 244 g/mol. The Labute approximate surface area is 84.6 Å². The molecule has 0 saturated carbocycles. The van der Waals surface area contributed by atoms with Crippen molar-refractivity contribution in [2.45, 2.75) is 6.10 Å². The summed E-state index contributed by atoms with van der Waals surface area (Å²) in [6.07, 6.45) is 3.03. The van der Waals surface area contributed by atoms with E-state index in [0.29, 0.717) is 6.54 Å². The highest BCUT2D eigenvalue weighted by Gasteiger charge is 2.15. The van der Waals surface area contributed by atoms with E-state index in [2.05, 4.69) is 21.2 Å². The molecule has 4 heteroatoms. The summed E-state index contributed by atoms with van der Waals surface area (Å²) in [5.74, 6) is 0.797. The van der Waals surface area contributed by atoms with Gasteiger partial charge in [-0.15, -0.1) is 0 Å². The zero-order chi connectivity index (χ0) is 9.26. The number of hydrogen-bond donors (Lipinski definition) is 2. The third-order valence-corrected chi connectivity index (χ3v) is 2.60. The molecule has 70 valence electrons. The molecule has 1 aliphatic rings. The van der Waals surface area contributed by atoms with Crippen molar-refractivity contribution >= 4 is 21.5 Å². The highest BCUT2D eigenvalue weighted by Crippen LogP contribution is 2.26. The lowest BCUT2D eigenvalue weighted by Crippen LogP contribution is -2.31. The molecule has 2 N–H and O–H groups in total. The lowest BCUT2D eigenvalue weighted by molar-refractivity contribution is 0.216. The minimum atomic E-state index is -0.416. The first kappa shape index (κ1) is 8.99. The molecule has 2 rings (SSSR count). The van der Waals surface area contributed by atoms with Gasteiger partial charge >= 0.3 is 0 Å². The molecule has 0 saturated heterocycles. The normalized spacial score (nSPS) is 22.9. The maximum Gasteiger partial charge on any atom is 0.145 e. The average Bonchev–Trinajstić information content (AvgIpc) is 2.51. The molecule has 3 nitrogen and oxygen atoms in total. The molecule has 0 amide bonds. The summed E-state index contributed by atoms with van der Waals surface area (Å²) < 4.78 is 6.21. The van der Waals surface area contributed by atoms with E-state index < -0.39 is 6.10 Å². The Hall–Kier alpha value is -0.580. The van der Waals surface area contributed by atoms with Crippen molar-refractivity contribution in [1.29, 1.82) is 0 Å². The quantitative estimate of drug-likeness (QED) is 0.784. The second-order valence-corrected chi connectivity index (χ2v) is 3.84. The lowest BCUT2D eigenvalue weighted by atomic mass is 10.1. The highest BCUT2D eigenvalue weighted by atomic mass is 79.9. The van der Waals surface area contributed by atoms with Crippen LogP contribution in [-0.2, 0) is 0 Å². The molecule has 1 aliphatic heterocycles. The fourth-order valence-electron chi connectivity index (χ4n) is 1.38. The molecule has 0 aliphatic carbocycles. The Morgan fingerprint density at radius 3 is 3.08 bits per heavy atom. The number of β-amino-alcohol motifs (C(OH)–C–C–N with tert-alkyl or cyclic N) is 1. The van der Waals surface area contributed by atoms with Crippen molar-refractivity contribution in [1.82, 2.24) is 5.32 Å². The van der Waals surface area contributed by atoms with Gasteiger partial charge in [0.05, 0.1) is 16.8 Å². The summed E-state index contributed by atoms with van der Waals surface area (Å²) in [5, 5.41) is 12.5. The first-order valence-electron chi connectivity index (χ1n) is 4.10. The maximum absolute atomic E-state index is 9.37. The monoisotopic (exact) mass is 243 g/mol. The zero-order valence-corrected chi connectivity index (χ0v) is 8.54. The summed E-state index contributed by atoms with van der Waals surface area (Å²) in [6.45, 7) is 1.35. The number of aliphatic hydroxyl groups is 1. The fraction of sp³-hybridized carbons (Fsp3) is 0.333. The summed E-state index contributed by atoms with van der Waals surface area (Å²) in [7, 11) is 0. The first-order chi connectivity index (χ1) is 6.27. The summed E-state index contributed by atoms with van der Waals surface area (Å²) in [6, 6.07) is 1.84. The molecular formula is C9H10BrNO2. The maximum atomic E-state index is 9.37. The third kappa shape index (κ3) is 1.85. The molecule has 13 heavy (non-hydrogen) atoms. The molecule has 0 bridgehead atoms. The van der Waals surface area contributed by atoms with Crippen LogP contribution in [0.1, 0.15) is 5.76 Å². The summed E-state index contributed by atoms with van der Waals surface area (Å²) in [5.41, 5.74) is 0.996. The minimum Gasteiger partial charge on any atom is -0.463 e. The number of rotatable bonds is 1. The van der Waals surface area contributed by atoms with E-state index in [1.165, 1.54) is 0 Å². The van der Waals surface area contributed by atoms with Gasteiger partial charge < -0.3 is 14.8 Å². The van der Waals surface area contributed by atoms with Crippen molar-refractivity contribution in [2.24, 2.45) is 0 Å². The molecule has 0 spiro atoms. The standard InChI is InChI=1S/C9H10BrNO2/c10-8-1-2-13-9(8)6-3-7(12)5-11-4-6/h1-3,7,11-12H,4-5H2. The highest BCUT2D eigenvalue weighted by molar-refractivity contribution is 9.10. The van der Waals surface area contributed by atoms with E-state index in [9.17, 15) is 5.11 Å². The number of aliphatic hydroxyl groups excluding tert-OH is 1. The van der Waals surface area contributed by atoms with Crippen LogP contribution in [0.5, 0.6) is 0 Å². The first-order valence-corrected chi connectivity index (χ1v) is 4.89. The van der Waals surface area contributed by atoms with Crippen LogP contribution < -0.4 is 5.32 Å². The lowest BCUT2D eigenvalue weighted by Gasteiger charge is -2.17. The Balaban J connectivity index is 2.30.